The summed E-state index contributed by atoms with van der Waals surface area (Å²) < 4.78 is 21.5. The van der Waals surface area contributed by atoms with E-state index in [0.29, 0.717) is 5.30 Å². The molecule has 0 amide bonds. The van der Waals surface area contributed by atoms with Crippen LogP contribution in [0.1, 0.15) is 0 Å². The van der Waals surface area contributed by atoms with E-state index >= 15 is 0 Å². The summed E-state index contributed by atoms with van der Waals surface area (Å²) in [6.07, 6.45) is 0. The van der Waals surface area contributed by atoms with Crippen molar-refractivity contribution in [2.45, 2.75) is 0 Å². The van der Waals surface area contributed by atoms with Crippen LogP contribution in [0.5, 0.6) is 0 Å². The summed E-state index contributed by atoms with van der Waals surface area (Å²) in [7, 11) is -2.44. The second-order valence-corrected chi connectivity index (χ2v) is 3.39. The summed E-state index contributed by atoms with van der Waals surface area (Å²) in [6.45, 7) is 0. The molecule has 0 spiro atoms. The molecule has 0 fully saturated rings. The molecule has 0 aromatic heterocycles. The van der Waals surface area contributed by atoms with Crippen molar-refractivity contribution in [3.63, 3.8) is 0 Å². The monoisotopic (exact) mass is 195 g/mol. The van der Waals surface area contributed by atoms with Crippen molar-refractivity contribution in [2.75, 3.05) is 0 Å². The van der Waals surface area contributed by atoms with Crippen LogP contribution >= 0.6 is 7.68 Å². The van der Waals surface area contributed by atoms with Crippen molar-refractivity contribution in [2.24, 2.45) is 0 Å². The molecule has 0 bridgehead atoms. The van der Waals surface area contributed by atoms with Gasteiger partial charge in [0.25, 0.3) is 0 Å². The van der Waals surface area contributed by atoms with Crippen molar-refractivity contribution in [1.82, 2.24) is 0 Å². The van der Waals surface area contributed by atoms with Crippen molar-refractivity contribution >= 4 is 17.4 Å². The van der Waals surface area contributed by atoms with Gasteiger partial charge in [-0.1, -0.05) is 0 Å². The molecule has 1 aromatic carbocycles. The van der Waals surface area contributed by atoms with Crippen LogP contribution in [0.25, 0.3) is 0 Å². The minimum absolute atomic E-state index is 0.336. The first-order valence-corrected chi connectivity index (χ1v) is 4.32. The molecule has 4 heteroatoms. The maximum absolute atomic E-state index is 10.3. The SMILES string of the molecule is O=P(=O)c1cc[c]([Fe])cc1. The van der Waals surface area contributed by atoms with Crippen molar-refractivity contribution < 1.29 is 25.1 Å². The Morgan fingerprint density at radius 2 is 1.60 bits per heavy atom. The summed E-state index contributed by atoms with van der Waals surface area (Å²) in [5, 5.41) is 0.336. The molecule has 10 heavy (non-hydrogen) atoms. The van der Waals surface area contributed by atoms with E-state index in [1.54, 1.807) is 12.1 Å². The van der Waals surface area contributed by atoms with Crippen LogP contribution in [0, 0.1) is 0 Å². The molecule has 0 radical (unpaired) electrons. The van der Waals surface area contributed by atoms with Gasteiger partial charge in [-0.2, -0.15) is 0 Å². The number of hydrogen-bond donors (Lipinski definition) is 0. The van der Waals surface area contributed by atoms with E-state index in [1.807, 2.05) is 0 Å². The quantitative estimate of drug-likeness (QED) is 0.487. The normalized spacial score (nSPS) is 9.30. The first-order valence-electron chi connectivity index (χ1n) is 2.59. The predicted molar refractivity (Wildman–Crippen MR) is 34.0 cm³/mol. The van der Waals surface area contributed by atoms with E-state index in [9.17, 15) is 9.13 Å². The molecule has 0 aliphatic rings. The van der Waals surface area contributed by atoms with Crippen molar-refractivity contribution in [1.29, 1.82) is 0 Å². The van der Waals surface area contributed by atoms with Crippen molar-refractivity contribution in [3.05, 3.63) is 24.3 Å². The zero-order chi connectivity index (χ0) is 7.56. The number of benzene rings is 1. The summed E-state index contributed by atoms with van der Waals surface area (Å²) >= 11 is 3.62. The van der Waals surface area contributed by atoms with Gasteiger partial charge in [0.05, 0.1) is 0 Å². The zero-order valence-corrected chi connectivity index (χ0v) is 6.93. The van der Waals surface area contributed by atoms with Gasteiger partial charge in [0, 0.05) is 0 Å². The van der Waals surface area contributed by atoms with Gasteiger partial charge in [-0.05, 0) is 0 Å². The molecule has 0 heterocycles. The number of rotatable bonds is 1. The van der Waals surface area contributed by atoms with Gasteiger partial charge in [0.2, 0.25) is 0 Å². The van der Waals surface area contributed by atoms with Gasteiger partial charge < -0.3 is 0 Å². The fourth-order valence-corrected chi connectivity index (χ4v) is 1.14. The zero-order valence-electron chi connectivity index (χ0n) is 4.93. The summed E-state index contributed by atoms with van der Waals surface area (Å²) in [4.78, 5) is 0. The summed E-state index contributed by atoms with van der Waals surface area (Å²) in [6, 6.07) is 6.41. The van der Waals surface area contributed by atoms with E-state index in [1.165, 1.54) is 12.1 Å². The second kappa shape index (κ2) is 3.16. The second-order valence-electron chi connectivity index (χ2n) is 1.72. The third-order valence-electron chi connectivity index (χ3n) is 1.03. The molecular weight excluding hydrogens is 191 g/mol. The predicted octanol–water partition coefficient (Wildman–Crippen LogP) is 0.657. The molecule has 0 aliphatic carbocycles. The van der Waals surface area contributed by atoms with E-state index in [4.69, 9.17) is 0 Å². The van der Waals surface area contributed by atoms with E-state index in [0.717, 1.165) is 4.46 Å². The van der Waals surface area contributed by atoms with Crippen molar-refractivity contribution in [3.8, 4) is 0 Å². The summed E-state index contributed by atoms with van der Waals surface area (Å²) in [5.41, 5.74) is 0. The third-order valence-corrected chi connectivity index (χ3v) is 2.12. The van der Waals surface area contributed by atoms with Gasteiger partial charge in [0.15, 0.2) is 0 Å². The molecule has 0 N–H and O–H groups in total. The van der Waals surface area contributed by atoms with Gasteiger partial charge in [-0.3, -0.25) is 0 Å². The summed E-state index contributed by atoms with van der Waals surface area (Å²) in [5.74, 6) is 0. The Morgan fingerprint density at radius 3 is 2.00 bits per heavy atom. The fraction of sp³-hybridized carbons (Fsp3) is 0. The molecular formula is C6H4FeO2P. The maximum atomic E-state index is 10.3. The first kappa shape index (κ1) is 7.74. The van der Waals surface area contributed by atoms with E-state index in [2.05, 4.69) is 16.0 Å². The van der Waals surface area contributed by atoms with Crippen LogP contribution in [-0.2, 0) is 25.1 Å². The van der Waals surface area contributed by atoms with Gasteiger partial charge in [-0.15, -0.1) is 0 Å². The molecule has 53 valence electrons. The molecule has 1 rings (SSSR count). The third kappa shape index (κ3) is 1.81. The van der Waals surface area contributed by atoms with Crippen LogP contribution in [0.4, 0.5) is 0 Å². The van der Waals surface area contributed by atoms with Gasteiger partial charge in [0.1, 0.15) is 0 Å². The molecule has 0 saturated heterocycles. The first-order chi connectivity index (χ1) is 4.70. The van der Waals surface area contributed by atoms with Crippen LogP contribution in [0.15, 0.2) is 24.3 Å². The van der Waals surface area contributed by atoms with E-state index in [-0.39, 0.29) is 0 Å². The average molecular weight is 195 g/mol. The Hall–Kier alpha value is -0.361. The standard InChI is InChI=1S/C6H4O2P.Fe/c7-9(8)6-4-2-1-3-5-6;/h2-5H;. The van der Waals surface area contributed by atoms with Gasteiger partial charge in [-0.25, -0.2) is 0 Å². The average Bonchev–Trinajstić information content (AvgIpc) is 1.88. The molecule has 2 nitrogen and oxygen atoms in total. The fourth-order valence-electron chi connectivity index (χ4n) is 0.559. The molecule has 0 aliphatic heterocycles. The molecule has 0 saturated carbocycles. The van der Waals surface area contributed by atoms with Crippen LogP contribution in [-0.4, -0.2) is 0 Å². The van der Waals surface area contributed by atoms with Crippen LogP contribution < -0.4 is 9.77 Å². The van der Waals surface area contributed by atoms with Crippen LogP contribution in [0.3, 0.4) is 0 Å². The van der Waals surface area contributed by atoms with Crippen LogP contribution in [0.2, 0.25) is 0 Å². The van der Waals surface area contributed by atoms with Gasteiger partial charge >= 0.3 is 66.9 Å². The Morgan fingerprint density at radius 1 is 1.10 bits per heavy atom. The Labute approximate surface area is 67.3 Å². The van der Waals surface area contributed by atoms with E-state index < -0.39 is 7.68 Å². The topological polar surface area (TPSA) is 34.1 Å². The number of hydrogen-bond acceptors (Lipinski definition) is 2. The molecule has 0 unspecified atom stereocenters. The molecule has 1 aromatic rings. The Kier molecular flexibility index (Phi) is 2.44. The Balaban J connectivity index is 3.12. The Bertz CT molecular complexity index is 281. The molecule has 0 atom stereocenters. The minimum atomic E-state index is -2.44.